The van der Waals surface area contributed by atoms with E-state index in [1.165, 1.54) is 231 Å². The highest BCUT2D eigenvalue weighted by molar-refractivity contribution is 6.17. The summed E-state index contributed by atoms with van der Waals surface area (Å²) >= 11 is 0. The summed E-state index contributed by atoms with van der Waals surface area (Å²) in [6, 6.07) is 211. The maximum atomic E-state index is 2.40. The van der Waals surface area contributed by atoms with Crippen LogP contribution >= 0.6 is 0 Å². The van der Waals surface area contributed by atoms with Crippen molar-refractivity contribution < 1.29 is 0 Å². The molecule has 30 aromatic rings. The summed E-state index contributed by atoms with van der Waals surface area (Å²) in [5.41, 5.74) is 43.4. The Morgan fingerprint density at radius 2 is 0.227 bits per heavy atom. The van der Waals surface area contributed by atoms with Gasteiger partial charge in [-0.05, 0) is 276 Å². The van der Waals surface area contributed by atoms with Crippen molar-refractivity contribution in [2.24, 2.45) is 0 Å². The highest BCUT2D eigenvalue weighted by atomic mass is 15.0. The van der Waals surface area contributed by atoms with Crippen LogP contribution in [0.2, 0.25) is 0 Å². The number of aromatic nitrogens is 6. The number of hydrogen-bond acceptors (Lipinski definition) is 0. The lowest BCUT2D eigenvalue weighted by Crippen LogP contribution is -1.94. The normalized spacial score (nSPS) is 11.6. The van der Waals surface area contributed by atoms with Gasteiger partial charge in [-0.3, -0.25) is 0 Å². The third kappa shape index (κ3) is 15.6. The Morgan fingerprint density at radius 1 is 0.0733 bits per heavy atom. The van der Waals surface area contributed by atoms with E-state index >= 15 is 0 Å². The Morgan fingerprint density at radius 3 is 0.480 bits per heavy atom. The second kappa shape index (κ2) is 37.4. The second-order valence-corrected chi connectivity index (χ2v) is 39.0. The van der Waals surface area contributed by atoms with Crippen LogP contribution in [0.1, 0.15) is 0 Å². The molecule has 6 nitrogen and oxygen atoms in total. The Labute approximate surface area is 868 Å². The van der Waals surface area contributed by atoms with Crippen molar-refractivity contribution in [2.45, 2.75) is 0 Å². The van der Waals surface area contributed by atoms with Gasteiger partial charge in [0.2, 0.25) is 0 Å². The molecule has 0 aliphatic heterocycles. The zero-order valence-electron chi connectivity index (χ0n) is 82.1. The van der Waals surface area contributed by atoms with Crippen molar-refractivity contribution in [1.82, 2.24) is 27.4 Å². The van der Waals surface area contributed by atoms with Crippen molar-refractivity contribution >= 4 is 131 Å². The predicted octanol–water partition coefficient (Wildman–Crippen LogP) is 38.6. The smallest absolute Gasteiger partial charge is 0.0547 e. The first-order valence-corrected chi connectivity index (χ1v) is 51.6. The average Bonchev–Trinajstić information content (AvgIpc) is 1.60. The Bertz CT molecular complexity index is 10400. The number of para-hydroxylation sites is 6. The summed E-state index contributed by atoms with van der Waals surface area (Å²) in [5, 5.41) is 15.1. The van der Waals surface area contributed by atoms with Crippen LogP contribution in [0.3, 0.4) is 0 Å². The van der Waals surface area contributed by atoms with Gasteiger partial charge in [-0.25, -0.2) is 0 Å². The summed E-state index contributed by atoms with van der Waals surface area (Å²) in [5.74, 6) is 0. The maximum absolute atomic E-state index is 2.40. The molecule has 0 spiro atoms. The number of fused-ring (bicyclic) bond motifs is 18. The van der Waals surface area contributed by atoms with Crippen LogP contribution in [0.25, 0.3) is 265 Å². The van der Waals surface area contributed by atoms with E-state index in [1.807, 2.05) is 0 Å². The van der Waals surface area contributed by atoms with E-state index in [1.54, 1.807) is 0 Å². The summed E-state index contributed by atoms with van der Waals surface area (Å²) in [6.45, 7) is 0. The molecule has 6 heterocycles. The molecule has 0 radical (unpaired) electrons. The number of benzene rings is 24. The quantitative estimate of drug-likeness (QED) is 0.0979. The topological polar surface area (TPSA) is 29.6 Å². The molecule has 0 atom stereocenters. The molecule has 0 aliphatic rings. The van der Waals surface area contributed by atoms with E-state index in [9.17, 15) is 0 Å². The molecule has 0 saturated carbocycles. The fourth-order valence-electron chi connectivity index (χ4n) is 23.2. The molecular formula is C144H96N6. The van der Waals surface area contributed by atoms with Crippen LogP contribution in [0.5, 0.6) is 0 Å². The fraction of sp³-hybridized carbons (Fsp3) is 0. The SMILES string of the molecule is c1ccc(-c2ccc(-n3c4ccccc4c4cc(-c5ccc(-n6c7ccccc7c7cc(-c8ccccc8)ccc76)cc5)ccc43)cc2)cc1.c1ccc(-c2cccc(-n3c4ccccc4c4cc(-c5ccc(-n6c7ccccc7c7cc(-c8ccccc8)ccc76)cc5)ccc43)c2)cc1.c1ccc(-c2cccc(-n3c4ccccc4c4cc(-c5ccc(-n6c7ccccc7c7ccc(-c8ccccc8)cc76)cc5)ccc43)c2)cc1. The zero-order chi connectivity index (χ0) is 99.1. The standard InChI is InChI=1S/3C48H32N2/c1-3-12-33(13-4-1)36-16-11-17-40(30-36)50-46-21-10-8-19-42(46)44-31-37(25-29-47(44)50)35-22-26-39(27-23-35)49-45-20-9-7-18-41(45)43-28-24-38(32-48(43)49)34-14-5-2-6-15-34;1-3-12-33(13-4-1)36-16-11-17-40(30-36)50-46-21-10-8-19-42(46)44-32-38(25-29-48(44)50)35-22-26-39(27-23-35)49-45-20-9-7-18-41(45)43-31-37(24-28-47(43)49)34-14-5-2-6-15-34;1-3-11-33(12-4-1)35-19-25-39(26-20-35)49-46-18-10-8-16-42(46)44-32-38(24-30-48(44)49)36-21-27-40(28-22-36)50-45-17-9-7-15-41(45)43-31-37(23-29-47(43)50)34-13-5-2-6-14-34/h3*1-32H. The molecule has 0 aliphatic carbocycles. The van der Waals surface area contributed by atoms with E-state index in [2.05, 4.69) is 610 Å². The first-order valence-electron chi connectivity index (χ1n) is 51.6. The zero-order valence-corrected chi connectivity index (χ0v) is 82.1. The highest BCUT2D eigenvalue weighted by Gasteiger charge is 2.24. The molecule has 6 heteroatoms. The van der Waals surface area contributed by atoms with Crippen molar-refractivity contribution in [2.75, 3.05) is 0 Å². The Balaban J connectivity index is 0.000000108. The Kier molecular flexibility index (Phi) is 21.9. The van der Waals surface area contributed by atoms with E-state index in [4.69, 9.17) is 0 Å². The molecular weight excluding hydrogens is 1810 g/mol. The maximum Gasteiger partial charge on any atom is 0.0547 e. The molecule has 0 unspecified atom stereocenters. The first kappa shape index (κ1) is 87.8. The van der Waals surface area contributed by atoms with E-state index in [0.717, 1.165) is 34.1 Å². The largest absolute Gasteiger partial charge is 0.309 e. The number of nitrogens with zero attached hydrogens (tertiary/aromatic N) is 6. The molecule has 150 heavy (non-hydrogen) atoms. The van der Waals surface area contributed by atoms with Gasteiger partial charge in [-0.15, -0.1) is 0 Å². The highest BCUT2D eigenvalue weighted by Crippen LogP contribution is 2.46. The summed E-state index contributed by atoms with van der Waals surface area (Å²) < 4.78 is 14.4. The molecule has 0 bridgehead atoms. The van der Waals surface area contributed by atoms with Crippen molar-refractivity contribution in [3.8, 4) is 134 Å². The molecule has 30 rings (SSSR count). The van der Waals surface area contributed by atoms with E-state index in [0.29, 0.717) is 0 Å². The van der Waals surface area contributed by atoms with Crippen LogP contribution < -0.4 is 0 Å². The third-order valence-corrected chi connectivity index (χ3v) is 30.4. The fourth-order valence-corrected chi connectivity index (χ4v) is 23.2. The van der Waals surface area contributed by atoms with Crippen molar-refractivity contribution in [1.29, 1.82) is 0 Å². The van der Waals surface area contributed by atoms with Crippen LogP contribution in [0.4, 0.5) is 0 Å². The lowest BCUT2D eigenvalue weighted by Gasteiger charge is -2.11. The summed E-state index contributed by atoms with van der Waals surface area (Å²) in [7, 11) is 0. The average molecular weight is 1910 g/mol. The van der Waals surface area contributed by atoms with E-state index in [-0.39, 0.29) is 0 Å². The second-order valence-electron chi connectivity index (χ2n) is 39.0. The monoisotopic (exact) mass is 1910 g/mol. The van der Waals surface area contributed by atoms with Crippen molar-refractivity contribution in [3.05, 3.63) is 582 Å². The van der Waals surface area contributed by atoms with Crippen LogP contribution in [0, 0.1) is 0 Å². The number of rotatable bonds is 15. The van der Waals surface area contributed by atoms with Gasteiger partial charge in [0, 0.05) is 98.8 Å². The van der Waals surface area contributed by atoms with Crippen LogP contribution in [0.15, 0.2) is 582 Å². The van der Waals surface area contributed by atoms with Crippen LogP contribution in [-0.2, 0) is 0 Å². The van der Waals surface area contributed by atoms with Crippen LogP contribution in [-0.4, -0.2) is 27.4 Å². The first-order chi connectivity index (χ1) is 74.4. The molecule has 702 valence electrons. The Hall–Kier alpha value is -19.9. The minimum Gasteiger partial charge on any atom is -0.309 e. The van der Waals surface area contributed by atoms with Gasteiger partial charge < -0.3 is 27.4 Å². The lowest BCUT2D eigenvalue weighted by molar-refractivity contribution is 1.18. The van der Waals surface area contributed by atoms with Crippen molar-refractivity contribution in [3.63, 3.8) is 0 Å². The molecule has 0 saturated heterocycles. The molecule has 0 fully saturated rings. The minimum absolute atomic E-state index is 1.15. The summed E-state index contributed by atoms with van der Waals surface area (Å²) in [6.07, 6.45) is 0. The third-order valence-electron chi connectivity index (χ3n) is 30.4. The van der Waals surface area contributed by atoms with Gasteiger partial charge in [-0.2, -0.15) is 0 Å². The van der Waals surface area contributed by atoms with Gasteiger partial charge in [-0.1, -0.05) is 406 Å². The molecule has 24 aromatic carbocycles. The minimum atomic E-state index is 1.15. The van der Waals surface area contributed by atoms with Gasteiger partial charge in [0.25, 0.3) is 0 Å². The van der Waals surface area contributed by atoms with E-state index < -0.39 is 0 Å². The predicted molar refractivity (Wildman–Crippen MR) is 634 cm³/mol. The molecule has 0 N–H and O–H groups in total. The van der Waals surface area contributed by atoms with Gasteiger partial charge >= 0.3 is 0 Å². The van der Waals surface area contributed by atoms with Gasteiger partial charge in [0.15, 0.2) is 0 Å². The van der Waals surface area contributed by atoms with Gasteiger partial charge in [0.1, 0.15) is 0 Å². The molecule has 0 amide bonds. The number of hydrogen-bond donors (Lipinski definition) is 0. The lowest BCUT2D eigenvalue weighted by atomic mass is 10.0. The van der Waals surface area contributed by atoms with Gasteiger partial charge in [0.05, 0.1) is 66.2 Å². The summed E-state index contributed by atoms with van der Waals surface area (Å²) in [4.78, 5) is 0. The molecule has 6 aromatic heterocycles.